The summed E-state index contributed by atoms with van der Waals surface area (Å²) in [7, 11) is 16.4. The number of piperazine rings is 5. The molecule has 288 valence electrons. The Balaban J connectivity index is 0.000000295. The molecule has 6 saturated heterocycles. The van der Waals surface area contributed by atoms with Crippen molar-refractivity contribution in [3.63, 3.8) is 0 Å². The highest BCUT2D eigenvalue weighted by Gasteiger charge is 2.17. The highest BCUT2D eigenvalue weighted by Crippen LogP contribution is 1.98. The first-order chi connectivity index (χ1) is 23.3. The van der Waals surface area contributed by atoms with Crippen molar-refractivity contribution in [3.05, 3.63) is 0 Å². The van der Waals surface area contributed by atoms with Gasteiger partial charge in [-0.05, 0) is 49.3 Å². The minimum atomic E-state index is 0.138. The predicted molar refractivity (Wildman–Crippen MR) is 199 cm³/mol. The van der Waals surface area contributed by atoms with Gasteiger partial charge in [0.2, 0.25) is 17.7 Å². The van der Waals surface area contributed by atoms with Gasteiger partial charge in [-0.3, -0.25) is 24.2 Å². The number of hydrogen-bond acceptors (Lipinski definition) is 12. The van der Waals surface area contributed by atoms with Crippen molar-refractivity contribution < 1.29 is 19.1 Å². The van der Waals surface area contributed by atoms with Gasteiger partial charge >= 0.3 is 0 Å². The molecule has 0 aliphatic carbocycles. The molecular weight excluding hydrogens is 626 g/mol. The third kappa shape index (κ3) is 24.0. The zero-order chi connectivity index (χ0) is 36.6. The van der Waals surface area contributed by atoms with E-state index in [9.17, 15) is 14.4 Å². The number of nitrogens with one attached hydrogen (secondary N) is 2. The van der Waals surface area contributed by atoms with E-state index >= 15 is 0 Å². The Morgan fingerprint density at radius 3 is 1.24 bits per heavy atom. The zero-order valence-electron chi connectivity index (χ0n) is 32.7. The topological polar surface area (TPSA) is 114 Å². The van der Waals surface area contributed by atoms with E-state index in [1.165, 1.54) is 39.3 Å². The van der Waals surface area contributed by atoms with Crippen LogP contribution in [0.3, 0.4) is 0 Å². The molecule has 0 radical (unpaired) electrons. The van der Waals surface area contributed by atoms with Crippen molar-refractivity contribution in [2.75, 3.05) is 200 Å². The van der Waals surface area contributed by atoms with Gasteiger partial charge in [-0.2, -0.15) is 0 Å². The van der Waals surface area contributed by atoms with Crippen LogP contribution in [-0.2, 0) is 19.1 Å². The van der Waals surface area contributed by atoms with Gasteiger partial charge in [0.25, 0.3) is 0 Å². The van der Waals surface area contributed by atoms with Crippen LogP contribution in [0.25, 0.3) is 0 Å². The number of likely N-dealkylation sites (N-methyl/N-ethyl adjacent to an activating group) is 8. The van der Waals surface area contributed by atoms with Crippen molar-refractivity contribution in [1.29, 1.82) is 0 Å². The van der Waals surface area contributed by atoms with E-state index in [2.05, 4.69) is 70.4 Å². The molecule has 0 unspecified atom stereocenters. The Morgan fingerprint density at radius 1 is 0.510 bits per heavy atom. The molecule has 0 atom stereocenters. The molecule has 2 N–H and O–H groups in total. The fourth-order valence-corrected chi connectivity index (χ4v) is 5.10. The second kappa shape index (κ2) is 26.8. The Labute approximate surface area is 298 Å². The van der Waals surface area contributed by atoms with Gasteiger partial charge in [0, 0.05) is 132 Å². The molecule has 15 heteroatoms. The number of carbonyl (C=O) groups is 3. The number of amides is 3. The van der Waals surface area contributed by atoms with Crippen LogP contribution in [0.5, 0.6) is 0 Å². The molecule has 3 amide bonds. The molecule has 6 aliphatic heterocycles. The summed E-state index contributed by atoms with van der Waals surface area (Å²) in [6.45, 7) is 23.9. The SMILES string of the molecule is CC(=O)N1CCN(C)CC1.CN1CCN(C)C(=O)C1.CN1CCN(C)CC1.CN1CCNC(=O)C1.CN1CCNCC1.CN1CCOCC1. The van der Waals surface area contributed by atoms with Crippen LogP contribution in [0.4, 0.5) is 0 Å². The third-order valence-electron chi connectivity index (χ3n) is 9.13. The molecule has 49 heavy (non-hydrogen) atoms. The molecule has 6 fully saturated rings. The molecule has 6 heterocycles. The van der Waals surface area contributed by atoms with Crippen LogP contribution in [-0.4, -0.2) is 262 Å². The summed E-state index contributed by atoms with van der Waals surface area (Å²) in [5.41, 5.74) is 0. The van der Waals surface area contributed by atoms with Gasteiger partial charge in [0.05, 0.1) is 26.3 Å². The van der Waals surface area contributed by atoms with E-state index in [0.717, 1.165) is 91.8 Å². The molecule has 0 saturated carbocycles. The second-order valence-electron chi connectivity index (χ2n) is 14.0. The maximum atomic E-state index is 10.9. The molecule has 15 nitrogen and oxygen atoms in total. The van der Waals surface area contributed by atoms with Gasteiger partial charge < -0.3 is 49.7 Å². The molecule has 6 aliphatic rings. The van der Waals surface area contributed by atoms with E-state index < -0.39 is 0 Å². The van der Waals surface area contributed by atoms with Gasteiger partial charge in [-0.1, -0.05) is 0 Å². The fraction of sp³-hybridized carbons (Fsp3) is 0.912. The minimum absolute atomic E-state index is 0.138. The Bertz CT molecular complexity index is 848. The van der Waals surface area contributed by atoms with Crippen molar-refractivity contribution in [2.45, 2.75) is 6.92 Å². The van der Waals surface area contributed by atoms with E-state index in [1.54, 1.807) is 11.8 Å². The number of nitrogens with zero attached hydrogens (tertiary/aromatic N) is 9. The average molecular weight is 700 g/mol. The predicted octanol–water partition coefficient (Wildman–Crippen LogP) is -2.45. The van der Waals surface area contributed by atoms with E-state index in [1.807, 2.05) is 35.8 Å². The Kier molecular flexibility index (Phi) is 24.7. The highest BCUT2D eigenvalue weighted by molar-refractivity contribution is 5.79. The molecule has 0 aromatic heterocycles. The number of ether oxygens (including phenoxy) is 1. The van der Waals surface area contributed by atoms with Gasteiger partial charge in [-0.15, -0.1) is 0 Å². The smallest absolute Gasteiger partial charge is 0.236 e. The number of carbonyl (C=O) groups excluding carboxylic acids is 3. The molecule has 6 rings (SSSR count). The summed E-state index contributed by atoms with van der Waals surface area (Å²) >= 11 is 0. The number of hydrogen-bond donors (Lipinski definition) is 2. The summed E-state index contributed by atoms with van der Waals surface area (Å²) in [6, 6.07) is 0. The molecule has 0 bridgehead atoms. The average Bonchev–Trinajstić information content (AvgIpc) is 3.07. The van der Waals surface area contributed by atoms with Crippen LogP contribution < -0.4 is 10.6 Å². The van der Waals surface area contributed by atoms with Crippen LogP contribution in [0.15, 0.2) is 0 Å². The first kappa shape index (κ1) is 45.1. The van der Waals surface area contributed by atoms with Crippen LogP contribution in [0, 0.1) is 0 Å². The van der Waals surface area contributed by atoms with Crippen LogP contribution in [0.2, 0.25) is 0 Å². The lowest BCUT2D eigenvalue weighted by Crippen LogP contribution is -2.46. The monoisotopic (exact) mass is 700 g/mol. The minimum Gasteiger partial charge on any atom is -0.379 e. The van der Waals surface area contributed by atoms with E-state index in [4.69, 9.17) is 4.74 Å². The summed E-state index contributed by atoms with van der Waals surface area (Å²) in [5, 5.41) is 6.01. The Hall–Kier alpha value is -1.95. The van der Waals surface area contributed by atoms with Gasteiger partial charge in [-0.25, -0.2) is 0 Å². The standard InChI is InChI=1S/C7H14N2O.C6H12N2O.C6H14N2.C5H10N2O.C5H12N2.C5H11NO/c1-7(10)9-5-3-8(2)4-6-9;1-7-3-4-8(2)6(9)5-7;1-7-3-5-8(2)6-4-7;1-7-3-2-6-5(8)4-7;1-7-4-2-6-3-5-7;1-6-2-4-7-5-3-6/h3-6H2,1-2H3;3-5H2,1-2H3;3-6H2,1-2H3;2-4H2,1H3,(H,6,8);6H,2-5H2,1H3;2-5H2,1H3. The Morgan fingerprint density at radius 2 is 0.918 bits per heavy atom. The summed E-state index contributed by atoms with van der Waals surface area (Å²) < 4.78 is 5.10. The summed E-state index contributed by atoms with van der Waals surface area (Å²) in [6.07, 6.45) is 0. The lowest BCUT2D eigenvalue weighted by atomic mass is 10.3. The number of rotatable bonds is 0. The molecule has 0 aromatic rings. The maximum absolute atomic E-state index is 10.9. The van der Waals surface area contributed by atoms with E-state index in [0.29, 0.717) is 13.1 Å². The second-order valence-corrected chi connectivity index (χ2v) is 14.0. The van der Waals surface area contributed by atoms with Crippen LogP contribution in [0.1, 0.15) is 6.92 Å². The fourth-order valence-electron chi connectivity index (χ4n) is 5.10. The molecule has 0 spiro atoms. The zero-order valence-corrected chi connectivity index (χ0v) is 32.7. The normalized spacial score (nSPS) is 23.8. The number of morpholine rings is 1. The molecular formula is C34H73N11O4. The van der Waals surface area contributed by atoms with Crippen molar-refractivity contribution in [1.82, 2.24) is 54.7 Å². The van der Waals surface area contributed by atoms with Gasteiger partial charge in [0.15, 0.2) is 0 Å². The van der Waals surface area contributed by atoms with Crippen molar-refractivity contribution in [2.24, 2.45) is 0 Å². The summed E-state index contributed by atoms with van der Waals surface area (Å²) in [5.74, 6) is 0.565. The first-order valence-electron chi connectivity index (χ1n) is 18.1. The largest absolute Gasteiger partial charge is 0.379 e. The first-order valence-corrected chi connectivity index (χ1v) is 18.1. The van der Waals surface area contributed by atoms with Crippen LogP contribution >= 0.6 is 0 Å². The van der Waals surface area contributed by atoms with Gasteiger partial charge in [0.1, 0.15) is 0 Å². The van der Waals surface area contributed by atoms with Crippen molar-refractivity contribution >= 4 is 17.7 Å². The van der Waals surface area contributed by atoms with Crippen molar-refractivity contribution in [3.8, 4) is 0 Å². The lowest BCUT2D eigenvalue weighted by molar-refractivity contribution is -0.133. The lowest BCUT2D eigenvalue weighted by Gasteiger charge is -2.31. The highest BCUT2D eigenvalue weighted by atomic mass is 16.5. The van der Waals surface area contributed by atoms with E-state index in [-0.39, 0.29) is 17.7 Å². The molecule has 0 aromatic carbocycles. The maximum Gasteiger partial charge on any atom is 0.236 e. The summed E-state index contributed by atoms with van der Waals surface area (Å²) in [4.78, 5) is 51.5. The quantitative estimate of drug-likeness (QED) is 0.280. The third-order valence-corrected chi connectivity index (χ3v) is 9.13.